The molecule has 0 aromatic carbocycles. The van der Waals surface area contributed by atoms with E-state index in [4.69, 9.17) is 27.8 Å². The fourth-order valence-electron chi connectivity index (χ4n) is 18.3. The molecule has 8 N–H and O–H groups in total. The van der Waals surface area contributed by atoms with Gasteiger partial charge in [0.1, 0.15) is 36.6 Å². The average Bonchev–Trinajstić information content (AvgIpc) is 4.08. The summed E-state index contributed by atoms with van der Waals surface area (Å²) in [5.74, 6) is 1.52. The van der Waals surface area contributed by atoms with Gasteiger partial charge in [-0.05, 0) is 186 Å². The Kier molecular flexibility index (Phi) is 14.3. The number of hydrogen-bond donors (Lipinski definition) is 8. The van der Waals surface area contributed by atoms with Crippen LogP contribution >= 0.6 is 0 Å². The van der Waals surface area contributed by atoms with Gasteiger partial charge in [0.15, 0.2) is 12.6 Å². The second kappa shape index (κ2) is 19.9. The van der Waals surface area contributed by atoms with Crippen LogP contribution in [0.4, 0.5) is 0 Å². The average molecular weight is 1060 g/mol. The van der Waals surface area contributed by atoms with Gasteiger partial charge in [0.25, 0.3) is 0 Å². The van der Waals surface area contributed by atoms with Gasteiger partial charge in [0.2, 0.25) is 0 Å². The summed E-state index contributed by atoms with van der Waals surface area (Å²) < 4.78 is 34.1. The maximum Gasteiger partial charge on any atom is 0.335 e. The molecule has 2 aromatic rings. The summed E-state index contributed by atoms with van der Waals surface area (Å²) in [6, 6.07) is 6.72. The van der Waals surface area contributed by atoms with Crippen LogP contribution in [0.5, 0.6) is 0 Å². The van der Waals surface area contributed by atoms with Crippen LogP contribution in [-0.2, 0) is 18.9 Å². The van der Waals surface area contributed by atoms with E-state index in [1.165, 1.54) is 23.3 Å². The molecule has 0 amide bonds. The van der Waals surface area contributed by atoms with Crippen LogP contribution in [0.15, 0.2) is 78.5 Å². The van der Waals surface area contributed by atoms with Gasteiger partial charge in [0.05, 0.1) is 48.1 Å². The molecule has 10 aliphatic rings. The molecule has 8 fully saturated rings. The molecule has 2 saturated heterocycles. The number of allylic oxidation sites excluding steroid dienone is 2. The summed E-state index contributed by atoms with van der Waals surface area (Å²) in [4.78, 5) is 23.1. The van der Waals surface area contributed by atoms with Gasteiger partial charge in [-0.2, -0.15) is 0 Å². The van der Waals surface area contributed by atoms with Crippen molar-refractivity contribution in [2.24, 2.45) is 45.3 Å². The van der Waals surface area contributed by atoms with E-state index in [1.54, 1.807) is 26.4 Å². The highest BCUT2D eigenvalue weighted by Gasteiger charge is 2.68. The molecule has 0 bridgehead atoms. The smallest absolute Gasteiger partial charge is 0.335 e. The Morgan fingerprint density at radius 1 is 0.474 bits per heavy atom. The number of aliphatic hydroxyl groups excluding tert-OH is 6. The van der Waals surface area contributed by atoms with Crippen LogP contribution in [0.25, 0.3) is 0 Å². The molecule has 0 radical (unpaired) electrons. The highest BCUT2D eigenvalue weighted by Crippen LogP contribution is 2.72. The van der Waals surface area contributed by atoms with Crippen LogP contribution in [0.3, 0.4) is 0 Å². The Hall–Kier alpha value is -3.10. The number of aliphatic hydroxyl groups is 8. The lowest BCUT2D eigenvalue weighted by atomic mass is 9.45. The minimum atomic E-state index is -1.31. The van der Waals surface area contributed by atoms with E-state index in [1.807, 2.05) is 12.1 Å². The molecule has 2 aromatic heterocycles. The van der Waals surface area contributed by atoms with E-state index < -0.39 is 72.6 Å². The van der Waals surface area contributed by atoms with Crippen LogP contribution in [0.2, 0.25) is 0 Å². The Morgan fingerprint density at radius 3 is 1.24 bits per heavy atom. The zero-order valence-electron chi connectivity index (χ0n) is 45.2. The fraction of sp³-hybridized carbons (Fsp3) is 0.767. The zero-order chi connectivity index (χ0) is 54.1. The maximum atomic E-state index is 12.4. The van der Waals surface area contributed by atoms with Gasteiger partial charge in [-0.3, -0.25) is 0 Å². The summed E-state index contributed by atoms with van der Waals surface area (Å²) in [5, 5.41) is 86.0. The van der Waals surface area contributed by atoms with Crippen molar-refractivity contribution in [3.05, 3.63) is 92.1 Å². The van der Waals surface area contributed by atoms with Crippen molar-refractivity contribution in [3.63, 3.8) is 0 Å². The normalized spacial score (nSPS) is 50.5. The third kappa shape index (κ3) is 8.58. The molecule has 12 rings (SSSR count). The molecule has 16 nitrogen and oxygen atoms in total. The molecular weight excluding hydrogens is 977 g/mol. The number of fused-ring (bicyclic) bond motifs is 10. The quantitative estimate of drug-likeness (QED) is 0.154. The molecule has 6 saturated carbocycles. The van der Waals surface area contributed by atoms with Crippen molar-refractivity contribution >= 4 is 0 Å². The first kappa shape index (κ1) is 54.8. The molecule has 16 heteroatoms. The van der Waals surface area contributed by atoms with Crippen molar-refractivity contribution < 1.29 is 68.6 Å². The standard InChI is InChI=1S/2C30H42O8/c2*1-16-24(32)25(33)26(34)27(37-16)38-19-8-11-28(2)18(14-19)5-6-22-21(28)9-12-29(3)20(10-13-30(22,29)35)17-4-7-23(31)36-15-17/h2*4,7,14-16,19-22,24-27,32-35H,5-6,8-13H2,1-3H3/t2*16-,19-,20+,21-,22+,24-,25+,26+,27-,28-,29+,30-/m00/s1. The Bertz CT molecular complexity index is 2430. The third-order valence-electron chi connectivity index (χ3n) is 23.0. The topological polar surface area (TPSA) is 259 Å². The molecule has 24 atom stereocenters. The van der Waals surface area contributed by atoms with Crippen molar-refractivity contribution in [1.82, 2.24) is 0 Å². The first-order valence-corrected chi connectivity index (χ1v) is 28.7. The minimum Gasteiger partial charge on any atom is -0.431 e. The van der Waals surface area contributed by atoms with Crippen molar-refractivity contribution in [2.45, 2.75) is 241 Å². The van der Waals surface area contributed by atoms with Crippen molar-refractivity contribution in [2.75, 3.05) is 0 Å². The van der Waals surface area contributed by atoms with Crippen molar-refractivity contribution in [3.8, 4) is 0 Å². The van der Waals surface area contributed by atoms with E-state index >= 15 is 0 Å². The summed E-state index contributed by atoms with van der Waals surface area (Å²) in [7, 11) is 0. The molecular formula is C60H84O16. The Balaban J connectivity index is 0.000000162. The van der Waals surface area contributed by atoms with E-state index in [0.29, 0.717) is 11.8 Å². The lowest BCUT2D eigenvalue weighted by Gasteiger charge is -2.62. The molecule has 420 valence electrons. The number of hydrogen-bond acceptors (Lipinski definition) is 16. The monoisotopic (exact) mass is 1060 g/mol. The Morgan fingerprint density at radius 2 is 0.868 bits per heavy atom. The van der Waals surface area contributed by atoms with Crippen LogP contribution in [0.1, 0.15) is 167 Å². The largest absolute Gasteiger partial charge is 0.431 e. The number of rotatable bonds is 6. The Labute approximate surface area is 445 Å². The third-order valence-corrected chi connectivity index (χ3v) is 23.0. The van der Waals surface area contributed by atoms with Crippen molar-refractivity contribution in [1.29, 1.82) is 0 Å². The van der Waals surface area contributed by atoms with Gasteiger partial charge in [-0.25, -0.2) is 9.59 Å². The van der Waals surface area contributed by atoms with Gasteiger partial charge >= 0.3 is 11.3 Å². The maximum absolute atomic E-state index is 12.4. The summed E-state index contributed by atoms with van der Waals surface area (Å²) in [6.45, 7) is 12.5. The molecule has 0 spiro atoms. The van der Waals surface area contributed by atoms with E-state index in [0.717, 1.165) is 114 Å². The summed E-state index contributed by atoms with van der Waals surface area (Å²) in [6.07, 6.45) is 10.6. The minimum absolute atomic E-state index is 0.0213. The van der Waals surface area contributed by atoms with E-state index in [2.05, 4.69) is 39.8 Å². The SMILES string of the molecule is C[C@@H]1O[C@@H](O[C@@H]2C=C3CC[C@@H]4[C@H](CC[C@]5(C)[C@@H](c6ccc(=O)oc6)CC[C@]45O)[C@@]3(C)CC2)[C@H](O)[C@H](O)[C@H]1O.C[C@@H]1O[C@@H](O[C@@H]2C=C3CC[C@@H]4[C@H](CC[C@]5(C)[C@@H](c6ccc(=O)oc6)CC[C@]45O)[C@@]3(C)CC2)[C@H](O)[C@H](O)[C@H]1O. The predicted octanol–water partition coefficient (Wildman–Crippen LogP) is 6.03. The van der Waals surface area contributed by atoms with Crippen LogP contribution in [0, 0.1) is 45.3 Å². The van der Waals surface area contributed by atoms with Gasteiger partial charge in [-0.15, -0.1) is 0 Å². The van der Waals surface area contributed by atoms with Gasteiger partial charge < -0.3 is 68.6 Å². The van der Waals surface area contributed by atoms with E-state index in [-0.39, 0.29) is 68.8 Å². The molecule has 0 unspecified atom stereocenters. The molecule has 76 heavy (non-hydrogen) atoms. The predicted molar refractivity (Wildman–Crippen MR) is 276 cm³/mol. The lowest BCUT2D eigenvalue weighted by molar-refractivity contribution is -0.301. The highest BCUT2D eigenvalue weighted by molar-refractivity contribution is 5.33. The van der Waals surface area contributed by atoms with Crippen LogP contribution in [-0.4, -0.2) is 126 Å². The second-order valence-electron chi connectivity index (χ2n) is 26.2. The molecule has 8 aliphatic carbocycles. The van der Waals surface area contributed by atoms with Crippen LogP contribution < -0.4 is 11.3 Å². The zero-order valence-corrected chi connectivity index (χ0v) is 45.2. The summed E-state index contributed by atoms with van der Waals surface area (Å²) >= 11 is 0. The first-order chi connectivity index (χ1) is 36.0. The highest BCUT2D eigenvalue weighted by atomic mass is 16.7. The first-order valence-electron chi connectivity index (χ1n) is 28.7. The van der Waals surface area contributed by atoms with Gasteiger partial charge in [0, 0.05) is 23.0 Å². The second-order valence-corrected chi connectivity index (χ2v) is 26.2. The number of ether oxygens (including phenoxy) is 4. The summed E-state index contributed by atoms with van der Waals surface area (Å²) in [5.41, 5.74) is 1.98. The fourth-order valence-corrected chi connectivity index (χ4v) is 18.3. The molecule has 4 heterocycles. The van der Waals surface area contributed by atoms with Gasteiger partial charge in [-0.1, -0.05) is 51.0 Å². The molecule has 2 aliphatic heterocycles. The van der Waals surface area contributed by atoms with E-state index in [9.17, 15) is 50.4 Å². The lowest BCUT2D eigenvalue weighted by Crippen LogP contribution is -2.60.